The van der Waals surface area contributed by atoms with E-state index in [2.05, 4.69) is 37.9 Å². The molecule has 1 unspecified atom stereocenters. The Morgan fingerprint density at radius 2 is 1.95 bits per heavy atom. The molecule has 0 fully saturated rings. The van der Waals surface area contributed by atoms with E-state index in [9.17, 15) is 4.79 Å². The Hall–Kier alpha value is -0.610. The predicted octanol–water partition coefficient (Wildman–Crippen LogP) is 2.43. The molecular formula is C15H32N2O2. The molecule has 19 heavy (non-hydrogen) atoms. The van der Waals surface area contributed by atoms with Gasteiger partial charge < -0.3 is 15.0 Å². The summed E-state index contributed by atoms with van der Waals surface area (Å²) >= 11 is 0. The van der Waals surface area contributed by atoms with Crippen LogP contribution in [-0.2, 0) is 9.53 Å². The van der Waals surface area contributed by atoms with Gasteiger partial charge in [-0.1, -0.05) is 13.8 Å². The van der Waals surface area contributed by atoms with Gasteiger partial charge in [-0.15, -0.1) is 0 Å². The highest BCUT2D eigenvalue weighted by Gasteiger charge is 2.34. The number of nitrogens with one attached hydrogen (secondary N) is 1. The third kappa shape index (κ3) is 6.39. The van der Waals surface area contributed by atoms with E-state index in [0.29, 0.717) is 12.6 Å². The second-order valence-electron chi connectivity index (χ2n) is 5.45. The van der Waals surface area contributed by atoms with Crippen LogP contribution in [0, 0.1) is 0 Å². The van der Waals surface area contributed by atoms with Gasteiger partial charge in [0, 0.05) is 12.6 Å². The summed E-state index contributed by atoms with van der Waals surface area (Å²) in [7, 11) is 0. The van der Waals surface area contributed by atoms with Crippen LogP contribution < -0.4 is 5.32 Å². The van der Waals surface area contributed by atoms with Crippen LogP contribution in [0.1, 0.15) is 54.4 Å². The minimum Gasteiger partial charge on any atom is -0.465 e. The molecule has 0 heterocycles. The Balaban J connectivity index is 4.61. The van der Waals surface area contributed by atoms with Crippen molar-refractivity contribution in [1.29, 1.82) is 0 Å². The molecule has 0 amide bonds. The predicted molar refractivity (Wildman–Crippen MR) is 80.3 cm³/mol. The molecule has 0 spiro atoms. The topological polar surface area (TPSA) is 41.6 Å². The first-order valence-electron chi connectivity index (χ1n) is 7.57. The molecule has 0 radical (unpaired) electrons. The summed E-state index contributed by atoms with van der Waals surface area (Å²) in [5.41, 5.74) is -0.575. The molecule has 0 aliphatic rings. The molecule has 0 rings (SSSR count). The number of nitrogens with zero attached hydrogens (tertiary/aromatic N) is 1. The Bertz CT molecular complexity index is 257. The number of carbonyl (C=O) groups is 1. The van der Waals surface area contributed by atoms with Crippen LogP contribution in [0.3, 0.4) is 0 Å². The lowest BCUT2D eigenvalue weighted by Crippen LogP contribution is -2.53. The lowest BCUT2D eigenvalue weighted by atomic mass is 9.97. The van der Waals surface area contributed by atoms with E-state index in [1.54, 1.807) is 0 Å². The van der Waals surface area contributed by atoms with E-state index in [-0.39, 0.29) is 5.97 Å². The van der Waals surface area contributed by atoms with Gasteiger partial charge in [-0.25, -0.2) is 0 Å². The summed E-state index contributed by atoms with van der Waals surface area (Å²) in [5.74, 6) is -0.136. The molecule has 0 saturated carbocycles. The van der Waals surface area contributed by atoms with Gasteiger partial charge in [0.1, 0.15) is 5.54 Å². The zero-order valence-electron chi connectivity index (χ0n) is 13.6. The summed E-state index contributed by atoms with van der Waals surface area (Å²) in [6, 6.07) is 0.502. The van der Waals surface area contributed by atoms with Gasteiger partial charge in [0.15, 0.2) is 0 Å². The fraction of sp³-hybridized carbons (Fsp3) is 0.933. The van der Waals surface area contributed by atoms with Gasteiger partial charge in [-0.05, 0) is 53.6 Å². The Morgan fingerprint density at radius 3 is 2.37 bits per heavy atom. The second-order valence-corrected chi connectivity index (χ2v) is 5.45. The maximum atomic E-state index is 12.1. The highest BCUT2D eigenvalue weighted by molar-refractivity contribution is 5.80. The van der Waals surface area contributed by atoms with Gasteiger partial charge in [-0.3, -0.25) is 4.79 Å². The molecular weight excluding hydrogens is 240 g/mol. The van der Waals surface area contributed by atoms with E-state index in [4.69, 9.17) is 4.74 Å². The van der Waals surface area contributed by atoms with Gasteiger partial charge >= 0.3 is 5.97 Å². The molecule has 1 N–H and O–H groups in total. The fourth-order valence-electron chi connectivity index (χ4n) is 2.10. The van der Waals surface area contributed by atoms with Crippen LogP contribution in [0.4, 0.5) is 0 Å². The van der Waals surface area contributed by atoms with Crippen LogP contribution in [0.2, 0.25) is 0 Å². The minimum absolute atomic E-state index is 0.136. The molecule has 114 valence electrons. The number of rotatable bonds is 10. The third-order valence-corrected chi connectivity index (χ3v) is 3.53. The van der Waals surface area contributed by atoms with Gasteiger partial charge in [0.25, 0.3) is 0 Å². The molecule has 4 nitrogen and oxygen atoms in total. The van der Waals surface area contributed by atoms with Crippen LogP contribution in [0.15, 0.2) is 0 Å². The first-order valence-corrected chi connectivity index (χ1v) is 7.57. The van der Waals surface area contributed by atoms with Crippen molar-refractivity contribution >= 4 is 5.97 Å². The van der Waals surface area contributed by atoms with Crippen LogP contribution in [0.5, 0.6) is 0 Å². The molecule has 0 bridgehead atoms. The molecule has 0 aromatic carbocycles. The van der Waals surface area contributed by atoms with E-state index >= 15 is 0 Å². The molecule has 1 atom stereocenters. The molecule has 0 saturated heterocycles. The van der Waals surface area contributed by atoms with Crippen molar-refractivity contribution in [3.63, 3.8) is 0 Å². The summed E-state index contributed by atoms with van der Waals surface area (Å²) in [6.07, 6.45) is 1.79. The molecule has 0 aliphatic carbocycles. The smallest absolute Gasteiger partial charge is 0.326 e. The van der Waals surface area contributed by atoms with Crippen LogP contribution in [0.25, 0.3) is 0 Å². The van der Waals surface area contributed by atoms with Crippen molar-refractivity contribution in [3.05, 3.63) is 0 Å². The van der Waals surface area contributed by atoms with Crippen molar-refractivity contribution in [3.8, 4) is 0 Å². The average molecular weight is 272 g/mol. The summed E-state index contributed by atoms with van der Waals surface area (Å²) in [4.78, 5) is 14.5. The average Bonchev–Trinajstić information content (AvgIpc) is 2.37. The maximum Gasteiger partial charge on any atom is 0.326 e. The highest BCUT2D eigenvalue weighted by atomic mass is 16.5. The second kappa shape index (κ2) is 9.32. The third-order valence-electron chi connectivity index (χ3n) is 3.53. The lowest BCUT2D eigenvalue weighted by Gasteiger charge is -2.32. The van der Waals surface area contributed by atoms with Crippen LogP contribution >= 0.6 is 0 Å². The quantitative estimate of drug-likeness (QED) is 0.620. The first kappa shape index (κ1) is 18.4. The zero-order chi connectivity index (χ0) is 14.9. The van der Waals surface area contributed by atoms with Crippen molar-refractivity contribution in [2.24, 2.45) is 0 Å². The standard InChI is InChI=1S/C15H32N2O2/c1-7-11-16-15(6,14(18)19-9-3)10-12-17(8-2)13(4)5/h13,16H,7-12H2,1-6H3. The Labute approximate surface area is 118 Å². The fourth-order valence-corrected chi connectivity index (χ4v) is 2.10. The van der Waals surface area contributed by atoms with Crippen molar-refractivity contribution in [2.45, 2.75) is 66.0 Å². The number of carbonyl (C=O) groups excluding carboxylic acids is 1. The number of ether oxygens (including phenoxy) is 1. The SMILES string of the molecule is CCCNC(C)(CCN(CC)C(C)C)C(=O)OCC. The van der Waals surface area contributed by atoms with Gasteiger partial charge in [0.05, 0.1) is 6.61 Å². The monoisotopic (exact) mass is 272 g/mol. The summed E-state index contributed by atoms with van der Waals surface area (Å²) in [5, 5.41) is 3.35. The van der Waals surface area contributed by atoms with E-state index < -0.39 is 5.54 Å². The first-order chi connectivity index (χ1) is 8.91. The number of hydrogen-bond acceptors (Lipinski definition) is 4. The zero-order valence-corrected chi connectivity index (χ0v) is 13.6. The molecule has 4 heteroatoms. The molecule has 0 aromatic heterocycles. The Kier molecular flexibility index (Phi) is 9.02. The normalized spacial score (nSPS) is 14.7. The van der Waals surface area contributed by atoms with Crippen molar-refractivity contribution in [1.82, 2.24) is 10.2 Å². The highest BCUT2D eigenvalue weighted by Crippen LogP contribution is 2.14. The van der Waals surface area contributed by atoms with Crippen molar-refractivity contribution in [2.75, 3.05) is 26.2 Å². The van der Waals surface area contributed by atoms with Crippen LogP contribution in [-0.4, -0.2) is 48.7 Å². The molecule has 0 aromatic rings. The largest absolute Gasteiger partial charge is 0.465 e. The maximum absolute atomic E-state index is 12.1. The number of esters is 1. The van der Waals surface area contributed by atoms with E-state index in [1.165, 1.54) is 0 Å². The van der Waals surface area contributed by atoms with E-state index in [1.807, 2.05) is 13.8 Å². The van der Waals surface area contributed by atoms with E-state index in [0.717, 1.165) is 32.5 Å². The van der Waals surface area contributed by atoms with Gasteiger partial charge in [-0.2, -0.15) is 0 Å². The Morgan fingerprint density at radius 1 is 1.32 bits per heavy atom. The number of hydrogen-bond donors (Lipinski definition) is 1. The summed E-state index contributed by atoms with van der Waals surface area (Å²) in [6.45, 7) is 15.6. The summed E-state index contributed by atoms with van der Waals surface area (Å²) < 4.78 is 5.21. The minimum atomic E-state index is -0.575. The molecule has 0 aliphatic heterocycles. The van der Waals surface area contributed by atoms with Gasteiger partial charge in [0.2, 0.25) is 0 Å². The van der Waals surface area contributed by atoms with Crippen molar-refractivity contribution < 1.29 is 9.53 Å². The lowest BCUT2D eigenvalue weighted by molar-refractivity contribution is -0.151.